The first-order valence-electron chi connectivity index (χ1n) is 7.29. The minimum atomic E-state index is -0.456. The van der Waals surface area contributed by atoms with Crippen molar-refractivity contribution in [2.24, 2.45) is 10.8 Å². The van der Waals surface area contributed by atoms with Crippen LogP contribution in [-0.4, -0.2) is 46.6 Å². The second-order valence-corrected chi connectivity index (χ2v) is 5.77. The molecule has 1 aliphatic heterocycles. The van der Waals surface area contributed by atoms with E-state index < -0.39 is 6.17 Å². The van der Waals surface area contributed by atoms with E-state index in [1.807, 2.05) is 6.07 Å². The van der Waals surface area contributed by atoms with E-state index in [1.165, 1.54) is 0 Å². The van der Waals surface area contributed by atoms with Crippen molar-refractivity contribution in [3.63, 3.8) is 0 Å². The van der Waals surface area contributed by atoms with E-state index in [-0.39, 0.29) is 32.1 Å². The second-order valence-electron chi connectivity index (χ2n) is 5.14. The number of hydroxylamine groups is 2. The number of nitrogens with zero attached hydrogens (tertiary/aromatic N) is 2. The molecule has 0 spiro atoms. The second kappa shape index (κ2) is 12.1. The summed E-state index contributed by atoms with van der Waals surface area (Å²) >= 11 is 4.27. The standard InChI is InChI=1S/C15H16N3OS.C2H7NO.W/c1-2-11(20)8-7-10-9-13(17-18-15(10)16)12-5-3-4-6-14(12)19;1-3(2)4;/h3-6,9,11,15,18-20H,1-2,16H2;4H,1-2H3;/q-1;;. The number of nitrogens with two attached hydrogens (primary N) is 1. The average Bonchev–Trinajstić information content (AvgIpc) is 2.54. The molecule has 0 saturated heterocycles. The van der Waals surface area contributed by atoms with Crippen LogP contribution in [-0.2, 0) is 21.1 Å². The molecule has 1 aromatic rings. The average molecular weight is 531 g/mol. The molecule has 2 unspecified atom stereocenters. The van der Waals surface area contributed by atoms with Crippen LogP contribution in [0.2, 0.25) is 0 Å². The van der Waals surface area contributed by atoms with Gasteiger partial charge in [0.15, 0.2) is 0 Å². The van der Waals surface area contributed by atoms with Gasteiger partial charge in [0.25, 0.3) is 0 Å². The van der Waals surface area contributed by atoms with Crippen LogP contribution in [0.25, 0.3) is 0 Å². The maximum absolute atomic E-state index is 9.85. The van der Waals surface area contributed by atoms with Crippen LogP contribution < -0.4 is 11.2 Å². The summed E-state index contributed by atoms with van der Waals surface area (Å²) in [6.45, 7) is 3.74. The van der Waals surface area contributed by atoms with Gasteiger partial charge >= 0.3 is 0 Å². The summed E-state index contributed by atoms with van der Waals surface area (Å²) in [6.07, 6.45) is 1.93. The first kappa shape index (κ1) is 23.7. The van der Waals surface area contributed by atoms with Crippen molar-refractivity contribution in [1.82, 2.24) is 10.5 Å². The molecule has 2 rings (SSSR count). The number of aromatic hydroxyl groups is 1. The van der Waals surface area contributed by atoms with Crippen LogP contribution in [0.15, 0.2) is 41.0 Å². The van der Waals surface area contributed by atoms with Crippen LogP contribution in [0.5, 0.6) is 5.75 Å². The number of nitrogens with one attached hydrogen (secondary N) is 1. The number of para-hydroxylation sites is 1. The number of hydrazone groups is 1. The Hall–Kier alpha value is -1.29. The van der Waals surface area contributed by atoms with Gasteiger partial charge in [-0.3, -0.25) is 5.43 Å². The maximum atomic E-state index is 9.85. The zero-order valence-electron chi connectivity index (χ0n) is 14.2. The van der Waals surface area contributed by atoms with E-state index in [0.29, 0.717) is 23.3 Å². The number of hydrogen-bond donors (Lipinski definition) is 5. The molecular weight excluding hydrogens is 508 g/mol. The Balaban J connectivity index is 0.00000104. The third-order valence-electron chi connectivity index (χ3n) is 2.79. The fourth-order valence-corrected chi connectivity index (χ4v) is 1.72. The van der Waals surface area contributed by atoms with E-state index >= 15 is 0 Å². The molecule has 0 amide bonds. The van der Waals surface area contributed by atoms with Gasteiger partial charge in [-0.1, -0.05) is 24.0 Å². The number of allylic oxidation sites excluding steroid dienone is 1. The summed E-state index contributed by atoms with van der Waals surface area (Å²) in [6, 6.07) is 6.98. The molecule has 1 heterocycles. The van der Waals surface area contributed by atoms with Gasteiger partial charge in [0.1, 0.15) is 11.9 Å². The van der Waals surface area contributed by atoms with Gasteiger partial charge in [0.05, 0.1) is 5.71 Å². The van der Waals surface area contributed by atoms with Crippen LogP contribution in [0.1, 0.15) is 12.0 Å². The van der Waals surface area contributed by atoms with E-state index in [0.717, 1.165) is 5.06 Å². The fraction of sp³-hybridized carbons (Fsp3) is 0.294. The SMILES string of the molecule is CN(C)O.[CH2-]CC(S)C#CC1=CC(c2ccccc2O)=NNC1N.[W]. The van der Waals surface area contributed by atoms with Crippen molar-refractivity contribution < 1.29 is 31.4 Å². The molecule has 2 atom stereocenters. The molecule has 0 fully saturated rings. The van der Waals surface area contributed by atoms with Gasteiger partial charge in [0.2, 0.25) is 0 Å². The molecule has 0 aromatic heterocycles. The molecule has 0 saturated carbocycles. The van der Waals surface area contributed by atoms with Crippen LogP contribution in [0, 0.1) is 18.8 Å². The van der Waals surface area contributed by atoms with Crippen LogP contribution >= 0.6 is 12.6 Å². The molecule has 6 nitrogen and oxygen atoms in total. The molecule has 1 aromatic carbocycles. The number of thiol groups is 1. The van der Waals surface area contributed by atoms with Crippen molar-refractivity contribution >= 4 is 18.3 Å². The van der Waals surface area contributed by atoms with Gasteiger partial charge in [-0.05, 0) is 18.2 Å². The van der Waals surface area contributed by atoms with Gasteiger partial charge < -0.3 is 23.0 Å². The maximum Gasteiger partial charge on any atom is 0.125 e. The Morgan fingerprint density at radius 3 is 2.60 bits per heavy atom. The van der Waals surface area contributed by atoms with Crippen molar-refractivity contribution in [1.29, 1.82) is 0 Å². The predicted molar refractivity (Wildman–Crippen MR) is 99.8 cm³/mol. The Morgan fingerprint density at radius 1 is 1.44 bits per heavy atom. The molecule has 0 bridgehead atoms. The summed E-state index contributed by atoms with van der Waals surface area (Å²) in [4.78, 5) is 0. The van der Waals surface area contributed by atoms with E-state index in [4.69, 9.17) is 10.9 Å². The molecule has 5 N–H and O–H groups in total. The van der Waals surface area contributed by atoms with E-state index in [1.54, 1.807) is 38.4 Å². The molecular formula is C17H23N4O2SW-. The Labute approximate surface area is 168 Å². The Morgan fingerprint density at radius 2 is 2.04 bits per heavy atom. The number of phenols is 1. The quantitative estimate of drug-likeness (QED) is 0.172. The first-order valence-corrected chi connectivity index (χ1v) is 7.80. The zero-order valence-corrected chi connectivity index (χ0v) is 18.0. The fourth-order valence-electron chi connectivity index (χ4n) is 1.66. The predicted octanol–water partition coefficient (Wildman–Crippen LogP) is 1.37. The normalized spacial score (nSPS) is 16.7. The number of hydrogen-bond acceptors (Lipinski definition) is 7. The summed E-state index contributed by atoms with van der Waals surface area (Å²) in [5.74, 6) is 6.11. The van der Waals surface area contributed by atoms with E-state index in [9.17, 15) is 5.11 Å². The molecule has 0 radical (unpaired) electrons. The topological polar surface area (TPSA) is 94.1 Å². The van der Waals surface area contributed by atoms with Crippen LogP contribution in [0.3, 0.4) is 0 Å². The third kappa shape index (κ3) is 8.57. The number of rotatable bonds is 2. The molecule has 0 aliphatic carbocycles. The summed E-state index contributed by atoms with van der Waals surface area (Å²) in [7, 11) is 3.11. The minimum absolute atomic E-state index is 0. The molecule has 8 heteroatoms. The van der Waals surface area contributed by atoms with Crippen molar-refractivity contribution in [2.75, 3.05) is 14.1 Å². The van der Waals surface area contributed by atoms with E-state index in [2.05, 4.69) is 41.9 Å². The van der Waals surface area contributed by atoms with Crippen molar-refractivity contribution in [2.45, 2.75) is 17.8 Å². The number of benzene rings is 1. The summed E-state index contributed by atoms with van der Waals surface area (Å²) < 4.78 is 0. The largest absolute Gasteiger partial charge is 0.507 e. The Kier molecular flexibility index (Phi) is 11.5. The minimum Gasteiger partial charge on any atom is -0.507 e. The van der Waals surface area contributed by atoms with Gasteiger partial charge in [-0.2, -0.15) is 29.2 Å². The smallest absolute Gasteiger partial charge is 0.125 e. The summed E-state index contributed by atoms with van der Waals surface area (Å²) in [5.41, 5.74) is 10.6. The summed E-state index contributed by atoms with van der Waals surface area (Å²) in [5, 5.41) is 22.8. The van der Waals surface area contributed by atoms with Gasteiger partial charge in [-0.15, -0.1) is 0 Å². The Bertz CT molecular complexity index is 665. The van der Waals surface area contributed by atoms with Crippen LogP contribution in [0.4, 0.5) is 0 Å². The van der Waals surface area contributed by atoms with Crippen molar-refractivity contribution in [3.8, 4) is 17.6 Å². The monoisotopic (exact) mass is 531 g/mol. The third-order valence-corrected chi connectivity index (χ3v) is 3.18. The first-order chi connectivity index (χ1) is 11.3. The number of phenolic OH excluding ortho intramolecular Hbond substituents is 1. The zero-order chi connectivity index (χ0) is 18.1. The van der Waals surface area contributed by atoms with Gasteiger partial charge in [0, 0.05) is 51.5 Å². The van der Waals surface area contributed by atoms with Crippen molar-refractivity contribution in [3.05, 3.63) is 48.4 Å². The molecule has 136 valence electrons. The molecule has 1 aliphatic rings. The van der Waals surface area contributed by atoms with Gasteiger partial charge in [-0.25, -0.2) is 0 Å². The molecule has 25 heavy (non-hydrogen) atoms.